The molecule has 1 atom stereocenters. The third-order valence-corrected chi connectivity index (χ3v) is 2.92. The summed E-state index contributed by atoms with van der Waals surface area (Å²) in [7, 11) is 1.49. The van der Waals surface area contributed by atoms with Gasteiger partial charge in [0.1, 0.15) is 17.7 Å². The number of halogens is 2. The molecule has 1 aliphatic carbocycles. The van der Waals surface area contributed by atoms with Crippen molar-refractivity contribution in [2.24, 2.45) is 5.92 Å². The summed E-state index contributed by atoms with van der Waals surface area (Å²) in [5.74, 6) is -1.15. The normalized spacial score (nSPS) is 16.9. The number of ether oxygens (including phenoxy) is 1. The SMILES string of the molecule is COC(C(=O)Cc1cc(F)cc(F)c1)C1CC1. The van der Waals surface area contributed by atoms with Crippen molar-refractivity contribution < 1.29 is 18.3 Å². The second-order valence-electron chi connectivity index (χ2n) is 4.41. The smallest absolute Gasteiger partial charge is 0.166 e. The lowest BCUT2D eigenvalue weighted by molar-refractivity contribution is -0.129. The molecule has 0 aromatic heterocycles. The van der Waals surface area contributed by atoms with E-state index in [9.17, 15) is 13.6 Å². The zero-order valence-electron chi connectivity index (χ0n) is 9.58. The number of hydrogen-bond acceptors (Lipinski definition) is 2. The highest BCUT2D eigenvalue weighted by molar-refractivity contribution is 5.85. The Hall–Kier alpha value is -1.29. The third-order valence-electron chi connectivity index (χ3n) is 2.92. The Balaban J connectivity index is 2.06. The van der Waals surface area contributed by atoms with Crippen molar-refractivity contribution in [3.63, 3.8) is 0 Å². The minimum Gasteiger partial charge on any atom is -0.373 e. The molecular weight excluding hydrogens is 226 g/mol. The average molecular weight is 240 g/mol. The summed E-state index contributed by atoms with van der Waals surface area (Å²) in [6.45, 7) is 0. The number of Topliss-reactive ketones (excluding diaryl/α,β-unsaturated/α-hetero) is 1. The molecule has 0 radical (unpaired) electrons. The van der Waals surface area contributed by atoms with Gasteiger partial charge in [0, 0.05) is 19.6 Å². The maximum Gasteiger partial charge on any atom is 0.166 e. The van der Waals surface area contributed by atoms with Crippen molar-refractivity contribution in [1.29, 1.82) is 0 Å². The van der Waals surface area contributed by atoms with Gasteiger partial charge in [-0.15, -0.1) is 0 Å². The monoisotopic (exact) mass is 240 g/mol. The number of carbonyl (C=O) groups excluding carboxylic acids is 1. The zero-order chi connectivity index (χ0) is 12.4. The summed E-state index contributed by atoms with van der Waals surface area (Å²) in [5.41, 5.74) is 0.357. The van der Waals surface area contributed by atoms with Crippen molar-refractivity contribution in [3.8, 4) is 0 Å². The summed E-state index contributed by atoms with van der Waals surface area (Å²) in [6, 6.07) is 3.16. The van der Waals surface area contributed by atoms with Crippen LogP contribution in [0.4, 0.5) is 8.78 Å². The Morgan fingerprint density at radius 3 is 2.41 bits per heavy atom. The van der Waals surface area contributed by atoms with Gasteiger partial charge in [-0.05, 0) is 36.5 Å². The lowest BCUT2D eigenvalue weighted by atomic mass is 10.0. The molecule has 2 rings (SSSR count). The Morgan fingerprint density at radius 1 is 1.35 bits per heavy atom. The maximum absolute atomic E-state index is 12.9. The van der Waals surface area contributed by atoms with Crippen molar-refractivity contribution >= 4 is 5.78 Å². The van der Waals surface area contributed by atoms with Gasteiger partial charge in [0.15, 0.2) is 5.78 Å². The number of hydrogen-bond donors (Lipinski definition) is 0. The summed E-state index contributed by atoms with van der Waals surface area (Å²) >= 11 is 0. The highest BCUT2D eigenvalue weighted by Gasteiger charge is 2.35. The van der Waals surface area contributed by atoms with Gasteiger partial charge < -0.3 is 4.74 Å². The molecule has 4 heteroatoms. The van der Waals surface area contributed by atoms with Crippen LogP contribution in [0.2, 0.25) is 0 Å². The van der Waals surface area contributed by atoms with Crippen molar-refractivity contribution in [3.05, 3.63) is 35.4 Å². The molecule has 2 nitrogen and oxygen atoms in total. The zero-order valence-corrected chi connectivity index (χ0v) is 9.58. The van der Waals surface area contributed by atoms with Crippen LogP contribution >= 0.6 is 0 Å². The highest BCUT2D eigenvalue weighted by atomic mass is 19.1. The first-order chi connectivity index (χ1) is 8.10. The average Bonchev–Trinajstić information content (AvgIpc) is 3.01. The Kier molecular flexibility index (Phi) is 3.52. The van der Waals surface area contributed by atoms with E-state index in [1.165, 1.54) is 19.2 Å². The summed E-state index contributed by atoms with van der Waals surface area (Å²) in [4.78, 5) is 11.9. The van der Waals surface area contributed by atoms with Gasteiger partial charge in [-0.25, -0.2) is 8.78 Å². The fourth-order valence-electron chi connectivity index (χ4n) is 2.00. The molecule has 1 unspecified atom stereocenters. The molecule has 1 saturated carbocycles. The lowest BCUT2D eigenvalue weighted by Crippen LogP contribution is -2.26. The van der Waals surface area contributed by atoms with Crippen molar-refractivity contribution in [2.75, 3.05) is 7.11 Å². The summed E-state index contributed by atoms with van der Waals surface area (Å²) < 4.78 is 31.0. The lowest BCUT2D eigenvalue weighted by Gasteiger charge is -2.13. The van der Waals surface area contributed by atoms with Crippen LogP contribution < -0.4 is 0 Å². The van der Waals surface area contributed by atoms with Crippen molar-refractivity contribution in [2.45, 2.75) is 25.4 Å². The third kappa shape index (κ3) is 3.09. The molecule has 0 aliphatic heterocycles. The van der Waals surface area contributed by atoms with Gasteiger partial charge in [-0.2, -0.15) is 0 Å². The van der Waals surface area contributed by atoms with E-state index in [0.717, 1.165) is 18.9 Å². The van der Waals surface area contributed by atoms with Crippen LogP contribution in [0.5, 0.6) is 0 Å². The molecule has 1 fully saturated rings. The maximum atomic E-state index is 12.9. The Labute approximate surface area is 98.6 Å². The van der Waals surface area contributed by atoms with Gasteiger partial charge in [0.05, 0.1) is 0 Å². The van der Waals surface area contributed by atoms with Crippen LogP contribution in [0.1, 0.15) is 18.4 Å². The minimum atomic E-state index is -0.659. The number of benzene rings is 1. The Morgan fingerprint density at radius 2 is 1.94 bits per heavy atom. The van der Waals surface area contributed by atoms with E-state index in [1.807, 2.05) is 0 Å². The van der Waals surface area contributed by atoms with E-state index < -0.39 is 17.7 Å². The van der Waals surface area contributed by atoms with Gasteiger partial charge in [0.2, 0.25) is 0 Å². The number of carbonyl (C=O) groups is 1. The van der Waals surface area contributed by atoms with Gasteiger partial charge >= 0.3 is 0 Å². The molecule has 92 valence electrons. The predicted octanol–water partition coefficient (Wildman–Crippen LogP) is 2.50. The standard InChI is InChI=1S/C13H14F2O2/c1-17-13(9-2-3-9)12(16)6-8-4-10(14)7-11(15)5-8/h4-5,7,9,13H,2-3,6H2,1H3. The molecule has 1 aliphatic rings. The molecule has 0 bridgehead atoms. The van der Waals surface area contributed by atoms with Crippen LogP contribution in [0, 0.1) is 17.6 Å². The first-order valence-corrected chi connectivity index (χ1v) is 5.60. The molecule has 1 aromatic rings. The highest BCUT2D eigenvalue weighted by Crippen LogP contribution is 2.34. The van der Waals surface area contributed by atoms with E-state index >= 15 is 0 Å². The van der Waals surface area contributed by atoms with E-state index in [-0.39, 0.29) is 18.1 Å². The Bertz CT molecular complexity index is 407. The molecule has 0 saturated heterocycles. The largest absolute Gasteiger partial charge is 0.373 e. The van der Waals surface area contributed by atoms with Crippen molar-refractivity contribution in [1.82, 2.24) is 0 Å². The number of rotatable bonds is 5. The summed E-state index contributed by atoms with van der Waals surface area (Å²) in [5, 5.41) is 0. The van der Waals surface area contributed by atoms with Crippen LogP contribution in [-0.4, -0.2) is 19.0 Å². The molecule has 17 heavy (non-hydrogen) atoms. The van der Waals surface area contributed by atoms with Gasteiger partial charge in [0.25, 0.3) is 0 Å². The second-order valence-corrected chi connectivity index (χ2v) is 4.41. The van der Waals surface area contributed by atoms with Gasteiger partial charge in [-0.1, -0.05) is 0 Å². The van der Waals surface area contributed by atoms with Crippen LogP contribution in [0.25, 0.3) is 0 Å². The molecular formula is C13H14F2O2. The van der Waals surface area contributed by atoms with E-state index in [1.54, 1.807) is 0 Å². The number of ketones is 1. The summed E-state index contributed by atoms with van der Waals surface area (Å²) in [6.07, 6.45) is 1.56. The van der Waals surface area contributed by atoms with E-state index in [2.05, 4.69) is 0 Å². The van der Waals surface area contributed by atoms with Crippen LogP contribution in [0.15, 0.2) is 18.2 Å². The topological polar surface area (TPSA) is 26.3 Å². The van der Waals surface area contributed by atoms with Gasteiger partial charge in [-0.3, -0.25) is 4.79 Å². The fraction of sp³-hybridized carbons (Fsp3) is 0.462. The molecule has 0 N–H and O–H groups in total. The first-order valence-electron chi connectivity index (χ1n) is 5.60. The van der Waals surface area contributed by atoms with Crippen LogP contribution in [-0.2, 0) is 16.0 Å². The quantitative estimate of drug-likeness (QED) is 0.790. The molecule has 0 amide bonds. The van der Waals surface area contributed by atoms with Crippen LogP contribution in [0.3, 0.4) is 0 Å². The minimum absolute atomic E-state index is 0.0175. The first kappa shape index (κ1) is 12.2. The second kappa shape index (κ2) is 4.92. The molecule has 0 spiro atoms. The molecule has 1 aromatic carbocycles. The van der Waals surface area contributed by atoms with E-state index in [0.29, 0.717) is 5.56 Å². The fourth-order valence-corrected chi connectivity index (χ4v) is 2.00. The van der Waals surface area contributed by atoms with E-state index in [4.69, 9.17) is 4.74 Å². The predicted molar refractivity (Wildman–Crippen MR) is 58.6 cm³/mol. The number of methoxy groups -OCH3 is 1. The molecule has 0 heterocycles.